The van der Waals surface area contributed by atoms with Gasteiger partial charge in [-0.2, -0.15) is 11.8 Å². The number of hydrogen-bond donors (Lipinski definition) is 1. The zero-order valence-electron chi connectivity index (χ0n) is 10.6. The minimum atomic E-state index is 0.846. The van der Waals surface area contributed by atoms with Crippen molar-refractivity contribution in [2.24, 2.45) is 5.92 Å². The molecule has 0 spiro atoms. The molecule has 0 aromatic heterocycles. The minimum Gasteiger partial charge on any atom is -0.315 e. The second-order valence-electron chi connectivity index (χ2n) is 5.35. The molecule has 1 N–H and O–H groups in total. The summed E-state index contributed by atoms with van der Waals surface area (Å²) >= 11 is 2.11. The van der Waals surface area contributed by atoms with Gasteiger partial charge in [-0.15, -0.1) is 0 Å². The maximum Gasteiger partial charge on any atom is 0.0191 e. The highest BCUT2D eigenvalue weighted by atomic mass is 32.2. The molecule has 2 fully saturated rings. The third-order valence-corrected chi connectivity index (χ3v) is 5.22. The zero-order valence-corrected chi connectivity index (χ0v) is 11.4. The lowest BCUT2D eigenvalue weighted by atomic mass is 10.1. The molecule has 0 bridgehead atoms. The van der Waals surface area contributed by atoms with E-state index in [1.807, 2.05) is 0 Å². The maximum absolute atomic E-state index is 3.63. The fraction of sp³-hybridized carbons (Fsp3) is 1.00. The van der Waals surface area contributed by atoms with Gasteiger partial charge in [0, 0.05) is 24.9 Å². The average molecular weight is 242 g/mol. The fourth-order valence-electron chi connectivity index (χ4n) is 2.83. The smallest absolute Gasteiger partial charge is 0.0191 e. The molecule has 0 aromatic carbocycles. The minimum absolute atomic E-state index is 0.846. The molecule has 3 heteroatoms. The normalized spacial score (nSPS) is 27.0. The van der Waals surface area contributed by atoms with E-state index in [4.69, 9.17) is 0 Å². The van der Waals surface area contributed by atoms with E-state index in [1.165, 1.54) is 63.2 Å². The van der Waals surface area contributed by atoms with Crippen molar-refractivity contribution in [1.82, 2.24) is 10.2 Å². The lowest BCUT2D eigenvalue weighted by Gasteiger charge is -2.23. The van der Waals surface area contributed by atoms with Crippen LogP contribution in [-0.4, -0.2) is 49.1 Å². The summed E-state index contributed by atoms with van der Waals surface area (Å²) in [5, 5.41) is 3.63. The van der Waals surface area contributed by atoms with E-state index in [2.05, 4.69) is 29.0 Å². The molecule has 1 atom stereocenters. The van der Waals surface area contributed by atoms with Crippen molar-refractivity contribution >= 4 is 11.8 Å². The van der Waals surface area contributed by atoms with Gasteiger partial charge in [0.1, 0.15) is 0 Å². The SMILES string of the molecule is CN(CCNCC1CCCC1)C1CCSC1. The first-order valence-electron chi connectivity index (χ1n) is 6.85. The molecule has 1 saturated carbocycles. The van der Waals surface area contributed by atoms with Crippen LogP contribution in [0.15, 0.2) is 0 Å². The highest BCUT2D eigenvalue weighted by molar-refractivity contribution is 7.99. The van der Waals surface area contributed by atoms with E-state index in [9.17, 15) is 0 Å². The number of likely N-dealkylation sites (N-methyl/N-ethyl adjacent to an activating group) is 1. The molecule has 2 nitrogen and oxygen atoms in total. The van der Waals surface area contributed by atoms with E-state index in [0.717, 1.165) is 12.0 Å². The summed E-state index contributed by atoms with van der Waals surface area (Å²) in [7, 11) is 2.29. The van der Waals surface area contributed by atoms with Gasteiger partial charge in [0.05, 0.1) is 0 Å². The van der Waals surface area contributed by atoms with Gasteiger partial charge in [0.25, 0.3) is 0 Å². The van der Waals surface area contributed by atoms with Crippen LogP contribution in [-0.2, 0) is 0 Å². The average Bonchev–Trinajstić information content (AvgIpc) is 2.96. The van der Waals surface area contributed by atoms with Crippen molar-refractivity contribution in [3.05, 3.63) is 0 Å². The first-order valence-corrected chi connectivity index (χ1v) is 8.00. The summed E-state index contributed by atoms with van der Waals surface area (Å²) in [4.78, 5) is 2.54. The zero-order chi connectivity index (χ0) is 11.2. The van der Waals surface area contributed by atoms with E-state index >= 15 is 0 Å². The van der Waals surface area contributed by atoms with Crippen molar-refractivity contribution < 1.29 is 0 Å². The summed E-state index contributed by atoms with van der Waals surface area (Å²) in [6.07, 6.45) is 7.24. The summed E-state index contributed by atoms with van der Waals surface area (Å²) in [5.74, 6) is 3.69. The Kier molecular flexibility index (Phi) is 5.46. The van der Waals surface area contributed by atoms with Crippen LogP contribution in [0.5, 0.6) is 0 Å². The van der Waals surface area contributed by atoms with Gasteiger partial charge in [0.15, 0.2) is 0 Å². The number of thioether (sulfide) groups is 1. The molecule has 1 saturated heterocycles. The van der Waals surface area contributed by atoms with E-state index in [-0.39, 0.29) is 0 Å². The van der Waals surface area contributed by atoms with Crippen molar-refractivity contribution in [3.8, 4) is 0 Å². The predicted molar refractivity (Wildman–Crippen MR) is 73.2 cm³/mol. The number of nitrogens with one attached hydrogen (secondary N) is 1. The van der Waals surface area contributed by atoms with Crippen LogP contribution in [0, 0.1) is 5.92 Å². The predicted octanol–water partition coefficient (Wildman–Crippen LogP) is 2.20. The second-order valence-corrected chi connectivity index (χ2v) is 6.50. The van der Waals surface area contributed by atoms with E-state index in [1.54, 1.807) is 0 Å². The standard InChI is InChI=1S/C13H26N2S/c1-15(13-6-9-16-11-13)8-7-14-10-12-4-2-3-5-12/h12-14H,2-11H2,1H3. The van der Waals surface area contributed by atoms with Crippen LogP contribution in [0.2, 0.25) is 0 Å². The molecular formula is C13H26N2S. The van der Waals surface area contributed by atoms with Gasteiger partial charge in [-0.25, -0.2) is 0 Å². The fourth-order valence-corrected chi connectivity index (χ4v) is 4.13. The summed E-state index contributed by atoms with van der Waals surface area (Å²) < 4.78 is 0. The highest BCUT2D eigenvalue weighted by Gasteiger charge is 2.19. The maximum atomic E-state index is 3.63. The summed E-state index contributed by atoms with van der Waals surface area (Å²) in [6, 6.07) is 0.846. The number of rotatable bonds is 6. The van der Waals surface area contributed by atoms with Crippen molar-refractivity contribution in [1.29, 1.82) is 0 Å². The van der Waals surface area contributed by atoms with Crippen molar-refractivity contribution in [3.63, 3.8) is 0 Å². The van der Waals surface area contributed by atoms with E-state index in [0.29, 0.717) is 0 Å². The first-order chi connectivity index (χ1) is 7.86. The van der Waals surface area contributed by atoms with Crippen molar-refractivity contribution in [2.45, 2.75) is 38.1 Å². The number of nitrogens with zero attached hydrogens (tertiary/aromatic N) is 1. The van der Waals surface area contributed by atoms with Gasteiger partial charge in [0.2, 0.25) is 0 Å². The quantitative estimate of drug-likeness (QED) is 0.719. The van der Waals surface area contributed by atoms with Gasteiger partial charge < -0.3 is 10.2 Å². The lowest BCUT2D eigenvalue weighted by Crippen LogP contribution is -2.37. The molecule has 94 valence electrons. The Labute approximate surface area is 105 Å². The van der Waals surface area contributed by atoms with Crippen LogP contribution in [0.4, 0.5) is 0 Å². The molecule has 1 aliphatic heterocycles. The third kappa shape index (κ3) is 3.94. The summed E-state index contributed by atoms with van der Waals surface area (Å²) in [5.41, 5.74) is 0. The number of hydrogen-bond acceptors (Lipinski definition) is 3. The molecule has 2 rings (SSSR count). The Morgan fingerprint density at radius 2 is 2.06 bits per heavy atom. The first kappa shape index (κ1) is 12.7. The molecule has 1 heterocycles. The Balaban J connectivity index is 1.50. The second kappa shape index (κ2) is 6.87. The molecule has 0 amide bonds. The van der Waals surface area contributed by atoms with Gasteiger partial charge >= 0.3 is 0 Å². The Bertz CT molecular complexity index is 186. The Morgan fingerprint density at radius 1 is 1.25 bits per heavy atom. The molecule has 1 unspecified atom stereocenters. The Morgan fingerprint density at radius 3 is 2.75 bits per heavy atom. The van der Waals surface area contributed by atoms with Crippen LogP contribution < -0.4 is 5.32 Å². The van der Waals surface area contributed by atoms with Crippen LogP contribution in [0.1, 0.15) is 32.1 Å². The molecule has 16 heavy (non-hydrogen) atoms. The third-order valence-electron chi connectivity index (χ3n) is 4.08. The molecule has 0 aromatic rings. The van der Waals surface area contributed by atoms with Crippen molar-refractivity contribution in [2.75, 3.05) is 38.2 Å². The molecule has 2 aliphatic rings. The van der Waals surface area contributed by atoms with E-state index < -0.39 is 0 Å². The largest absolute Gasteiger partial charge is 0.315 e. The monoisotopic (exact) mass is 242 g/mol. The summed E-state index contributed by atoms with van der Waals surface area (Å²) in [6.45, 7) is 3.65. The van der Waals surface area contributed by atoms with Crippen LogP contribution in [0.3, 0.4) is 0 Å². The Hall–Kier alpha value is 0.270. The van der Waals surface area contributed by atoms with Gasteiger partial charge in [-0.3, -0.25) is 0 Å². The lowest BCUT2D eigenvalue weighted by molar-refractivity contribution is 0.260. The molecule has 1 aliphatic carbocycles. The topological polar surface area (TPSA) is 15.3 Å². The highest BCUT2D eigenvalue weighted by Crippen LogP contribution is 2.23. The van der Waals surface area contributed by atoms with Crippen LogP contribution in [0.25, 0.3) is 0 Å². The van der Waals surface area contributed by atoms with Gasteiger partial charge in [-0.1, -0.05) is 12.8 Å². The molecule has 0 radical (unpaired) electrons. The molecular weight excluding hydrogens is 216 g/mol. The van der Waals surface area contributed by atoms with Gasteiger partial charge in [-0.05, 0) is 44.5 Å². The van der Waals surface area contributed by atoms with Crippen LogP contribution >= 0.6 is 11.8 Å².